The second-order valence-electron chi connectivity index (χ2n) is 6.17. The summed E-state index contributed by atoms with van der Waals surface area (Å²) >= 11 is 0. The first-order valence-electron chi connectivity index (χ1n) is 9.26. The molecule has 0 spiro atoms. The molecule has 1 aromatic heterocycles. The molecule has 0 aliphatic rings. The number of nitrogens with one attached hydrogen (secondary N) is 2. The van der Waals surface area contributed by atoms with Crippen molar-refractivity contribution in [3.63, 3.8) is 0 Å². The highest BCUT2D eigenvalue weighted by Gasteiger charge is 2.14. The van der Waals surface area contributed by atoms with E-state index in [-0.39, 0.29) is 24.0 Å². The minimum absolute atomic E-state index is 0. The predicted molar refractivity (Wildman–Crippen MR) is 124 cm³/mol. The average Bonchev–Trinajstić information content (AvgIpc) is 3.02. The van der Waals surface area contributed by atoms with Crippen LogP contribution in [-0.4, -0.2) is 37.0 Å². The van der Waals surface area contributed by atoms with E-state index in [0.717, 1.165) is 41.6 Å². The summed E-state index contributed by atoms with van der Waals surface area (Å²) in [5, 5.41) is 11.4. The molecule has 28 heavy (non-hydrogen) atoms. The first-order valence-corrected chi connectivity index (χ1v) is 9.26. The van der Waals surface area contributed by atoms with Crippen molar-refractivity contribution in [3.05, 3.63) is 40.7 Å². The third kappa shape index (κ3) is 5.76. The fourth-order valence-corrected chi connectivity index (χ4v) is 3.16. The van der Waals surface area contributed by atoms with E-state index in [0.29, 0.717) is 13.1 Å². The van der Waals surface area contributed by atoms with Crippen molar-refractivity contribution < 1.29 is 9.47 Å². The van der Waals surface area contributed by atoms with E-state index in [2.05, 4.69) is 34.6 Å². The maximum Gasteiger partial charge on any atom is 0.191 e. The van der Waals surface area contributed by atoms with Gasteiger partial charge in [0.25, 0.3) is 0 Å². The Morgan fingerprint density at radius 1 is 1.07 bits per heavy atom. The Hall–Kier alpha value is -1.97. The van der Waals surface area contributed by atoms with Crippen molar-refractivity contribution in [2.24, 2.45) is 12.0 Å². The van der Waals surface area contributed by atoms with Crippen LogP contribution in [-0.2, 0) is 33.0 Å². The van der Waals surface area contributed by atoms with Gasteiger partial charge in [0.2, 0.25) is 0 Å². The summed E-state index contributed by atoms with van der Waals surface area (Å²) in [6, 6.07) is 5.88. The maximum atomic E-state index is 5.36. The number of aromatic nitrogens is 2. The average molecular weight is 501 g/mol. The summed E-state index contributed by atoms with van der Waals surface area (Å²) in [7, 11) is 7.05. The molecule has 2 rings (SSSR count). The number of rotatable bonds is 8. The van der Waals surface area contributed by atoms with Crippen molar-refractivity contribution >= 4 is 29.9 Å². The molecule has 2 aromatic rings. The van der Waals surface area contributed by atoms with Gasteiger partial charge >= 0.3 is 0 Å². The standard InChI is InChI=1S/C20H31N5O2.HI/c1-7-16-15(17(8-2)25(4)24-16)13-23-20(21-3)22-12-14-9-10-18(26-5)19(11-14)27-6;/h9-11H,7-8,12-13H2,1-6H3,(H2,21,22,23);1H. The Bertz CT molecular complexity index is 789. The molecule has 0 bridgehead atoms. The van der Waals surface area contributed by atoms with E-state index in [4.69, 9.17) is 9.47 Å². The van der Waals surface area contributed by atoms with Crippen LogP contribution in [0.2, 0.25) is 0 Å². The fourth-order valence-electron chi connectivity index (χ4n) is 3.16. The second kappa shape index (κ2) is 11.8. The summed E-state index contributed by atoms with van der Waals surface area (Å²) in [6.45, 7) is 5.62. The van der Waals surface area contributed by atoms with Gasteiger partial charge in [-0.25, -0.2) is 0 Å². The molecule has 0 aliphatic carbocycles. The van der Waals surface area contributed by atoms with Gasteiger partial charge < -0.3 is 20.1 Å². The quantitative estimate of drug-likeness (QED) is 0.331. The van der Waals surface area contributed by atoms with Gasteiger partial charge in [0, 0.05) is 38.4 Å². The summed E-state index contributed by atoms with van der Waals surface area (Å²) in [4.78, 5) is 4.32. The van der Waals surface area contributed by atoms with Crippen LogP contribution in [0.5, 0.6) is 11.5 Å². The molecule has 0 radical (unpaired) electrons. The first kappa shape index (κ1) is 24.1. The molecule has 0 saturated heterocycles. The highest BCUT2D eigenvalue weighted by Crippen LogP contribution is 2.27. The lowest BCUT2D eigenvalue weighted by Gasteiger charge is -2.14. The van der Waals surface area contributed by atoms with Crippen molar-refractivity contribution in [1.82, 2.24) is 20.4 Å². The zero-order valence-electron chi connectivity index (χ0n) is 17.6. The number of ether oxygens (including phenoxy) is 2. The number of aryl methyl sites for hydroxylation is 2. The van der Waals surface area contributed by atoms with Crippen molar-refractivity contribution in [2.45, 2.75) is 39.8 Å². The first-order chi connectivity index (χ1) is 13.1. The van der Waals surface area contributed by atoms with Crippen LogP contribution in [0.1, 0.15) is 36.4 Å². The van der Waals surface area contributed by atoms with Crippen LogP contribution in [0.25, 0.3) is 0 Å². The molecule has 0 amide bonds. The molecule has 1 heterocycles. The molecule has 0 saturated carbocycles. The zero-order chi connectivity index (χ0) is 19.8. The number of nitrogens with zero attached hydrogens (tertiary/aromatic N) is 3. The lowest BCUT2D eigenvalue weighted by Crippen LogP contribution is -2.36. The van der Waals surface area contributed by atoms with Crippen LogP contribution in [0.3, 0.4) is 0 Å². The number of guanidine groups is 1. The molecule has 1 aromatic carbocycles. The molecule has 2 N–H and O–H groups in total. The lowest BCUT2D eigenvalue weighted by molar-refractivity contribution is 0.354. The van der Waals surface area contributed by atoms with E-state index in [1.54, 1.807) is 21.3 Å². The summed E-state index contributed by atoms with van der Waals surface area (Å²) in [5.74, 6) is 2.19. The van der Waals surface area contributed by atoms with E-state index >= 15 is 0 Å². The molecule has 0 atom stereocenters. The molecule has 0 aliphatic heterocycles. The van der Waals surface area contributed by atoms with Crippen LogP contribution in [0, 0.1) is 0 Å². The van der Waals surface area contributed by atoms with Gasteiger partial charge in [0.1, 0.15) is 0 Å². The Labute approximate surface area is 184 Å². The Kier molecular flexibility index (Phi) is 10.1. The van der Waals surface area contributed by atoms with Crippen LogP contribution >= 0.6 is 24.0 Å². The van der Waals surface area contributed by atoms with Gasteiger partial charge in [-0.2, -0.15) is 5.10 Å². The third-order valence-corrected chi connectivity index (χ3v) is 4.59. The summed E-state index contributed by atoms with van der Waals surface area (Å²) in [6.07, 6.45) is 1.88. The monoisotopic (exact) mass is 501 g/mol. The van der Waals surface area contributed by atoms with E-state index in [1.807, 2.05) is 29.9 Å². The minimum Gasteiger partial charge on any atom is -0.493 e. The normalized spacial score (nSPS) is 11.0. The SMILES string of the molecule is CCc1nn(C)c(CC)c1CNC(=NC)NCc1ccc(OC)c(OC)c1.I. The molecule has 7 nitrogen and oxygen atoms in total. The fraction of sp³-hybridized carbons (Fsp3) is 0.500. The molecule has 0 fully saturated rings. The lowest BCUT2D eigenvalue weighted by atomic mass is 10.1. The molecule has 8 heteroatoms. The topological polar surface area (TPSA) is 72.7 Å². The van der Waals surface area contributed by atoms with Gasteiger partial charge in [-0.3, -0.25) is 9.67 Å². The van der Waals surface area contributed by atoms with Gasteiger partial charge in [0.05, 0.1) is 19.9 Å². The largest absolute Gasteiger partial charge is 0.493 e. The number of methoxy groups -OCH3 is 2. The predicted octanol–water partition coefficient (Wildman–Crippen LogP) is 3.05. The minimum atomic E-state index is 0. The summed E-state index contributed by atoms with van der Waals surface area (Å²) in [5.41, 5.74) is 4.74. The number of hydrogen-bond donors (Lipinski definition) is 2. The molecule has 156 valence electrons. The highest BCUT2D eigenvalue weighted by molar-refractivity contribution is 14.0. The van der Waals surface area contributed by atoms with Gasteiger partial charge in [0.15, 0.2) is 17.5 Å². The number of aliphatic imine (C=N–C) groups is 1. The summed E-state index contributed by atoms with van der Waals surface area (Å²) < 4.78 is 12.6. The Morgan fingerprint density at radius 2 is 1.75 bits per heavy atom. The molecular formula is C20H32IN5O2. The van der Waals surface area contributed by atoms with E-state index in [9.17, 15) is 0 Å². The van der Waals surface area contributed by atoms with Crippen LogP contribution < -0.4 is 20.1 Å². The highest BCUT2D eigenvalue weighted by atomic mass is 127. The van der Waals surface area contributed by atoms with Crippen molar-refractivity contribution in [2.75, 3.05) is 21.3 Å². The van der Waals surface area contributed by atoms with Gasteiger partial charge in [-0.05, 0) is 30.5 Å². The third-order valence-electron chi connectivity index (χ3n) is 4.59. The number of benzene rings is 1. The van der Waals surface area contributed by atoms with E-state index in [1.165, 1.54) is 11.3 Å². The van der Waals surface area contributed by atoms with E-state index < -0.39 is 0 Å². The smallest absolute Gasteiger partial charge is 0.191 e. The maximum absolute atomic E-state index is 5.36. The second-order valence-corrected chi connectivity index (χ2v) is 6.17. The van der Waals surface area contributed by atoms with Crippen molar-refractivity contribution in [3.8, 4) is 11.5 Å². The Morgan fingerprint density at radius 3 is 2.32 bits per heavy atom. The van der Waals surface area contributed by atoms with Crippen molar-refractivity contribution in [1.29, 1.82) is 0 Å². The van der Waals surface area contributed by atoms with Crippen LogP contribution in [0.15, 0.2) is 23.2 Å². The number of hydrogen-bond acceptors (Lipinski definition) is 4. The molecular weight excluding hydrogens is 469 g/mol. The van der Waals surface area contributed by atoms with Gasteiger partial charge in [-0.1, -0.05) is 19.9 Å². The molecule has 0 unspecified atom stereocenters. The van der Waals surface area contributed by atoms with Crippen LogP contribution in [0.4, 0.5) is 0 Å². The number of halogens is 1. The zero-order valence-corrected chi connectivity index (χ0v) is 20.0. The van der Waals surface area contributed by atoms with Gasteiger partial charge in [-0.15, -0.1) is 24.0 Å². The Balaban J connectivity index is 0.00000392.